The maximum Gasteiger partial charge on any atom is 0.276 e. The number of piperazine rings is 1. The monoisotopic (exact) mass is 650 g/mol. The first-order chi connectivity index (χ1) is 23.4. The molecule has 0 spiro atoms. The lowest BCUT2D eigenvalue weighted by Gasteiger charge is -2.46. The molecule has 12 nitrogen and oxygen atoms in total. The summed E-state index contributed by atoms with van der Waals surface area (Å²) in [6.07, 6.45) is 9.58. The Morgan fingerprint density at radius 2 is 1.88 bits per heavy atom. The number of amides is 1. The van der Waals surface area contributed by atoms with Gasteiger partial charge >= 0.3 is 0 Å². The summed E-state index contributed by atoms with van der Waals surface area (Å²) in [5, 5.41) is 13.9. The third kappa shape index (κ3) is 5.37. The van der Waals surface area contributed by atoms with E-state index in [4.69, 9.17) is 4.74 Å². The fourth-order valence-electron chi connectivity index (χ4n) is 7.83. The Labute approximate surface area is 279 Å². The zero-order valence-corrected chi connectivity index (χ0v) is 27.6. The Morgan fingerprint density at radius 1 is 1.02 bits per heavy atom. The van der Waals surface area contributed by atoms with Crippen LogP contribution in [0.4, 0.5) is 23.0 Å². The molecule has 48 heavy (non-hydrogen) atoms. The Bertz CT molecular complexity index is 1910. The van der Waals surface area contributed by atoms with Gasteiger partial charge in [0.2, 0.25) is 0 Å². The fourth-order valence-corrected chi connectivity index (χ4v) is 7.83. The number of aromatic nitrogens is 4. The number of nitrogens with zero attached hydrogens (tertiary/aromatic N) is 7. The second kappa shape index (κ2) is 12.5. The number of anilines is 4. The largest absolute Gasteiger partial charge is 0.392 e. The Kier molecular flexibility index (Phi) is 8.02. The topological polar surface area (TPSA) is 121 Å². The van der Waals surface area contributed by atoms with Crippen molar-refractivity contribution in [3.8, 4) is 11.1 Å². The number of aryl methyl sites for hydroxylation is 2. The summed E-state index contributed by atoms with van der Waals surface area (Å²) in [4.78, 5) is 42.9. The summed E-state index contributed by atoms with van der Waals surface area (Å²) >= 11 is 0. The van der Waals surface area contributed by atoms with Crippen molar-refractivity contribution in [3.05, 3.63) is 81.8 Å². The lowest BCUT2D eigenvalue weighted by Crippen LogP contribution is -2.59. The zero-order chi connectivity index (χ0) is 32.9. The summed E-state index contributed by atoms with van der Waals surface area (Å²) in [6, 6.07) is 10.5. The third-order valence-corrected chi connectivity index (χ3v) is 10.5. The van der Waals surface area contributed by atoms with Crippen molar-refractivity contribution in [2.45, 2.75) is 57.8 Å². The van der Waals surface area contributed by atoms with E-state index in [0.29, 0.717) is 59.3 Å². The normalized spacial score (nSPS) is 20.0. The van der Waals surface area contributed by atoms with Gasteiger partial charge in [-0.25, -0.2) is 9.97 Å². The number of aliphatic hydroxyl groups excluding tert-OH is 1. The molecule has 0 radical (unpaired) electrons. The first kappa shape index (κ1) is 30.8. The molecule has 250 valence electrons. The van der Waals surface area contributed by atoms with Crippen LogP contribution in [0.2, 0.25) is 0 Å². The highest BCUT2D eigenvalue weighted by atomic mass is 16.5. The van der Waals surface area contributed by atoms with Crippen molar-refractivity contribution in [3.63, 3.8) is 0 Å². The number of rotatable bonds is 7. The smallest absolute Gasteiger partial charge is 0.276 e. The Morgan fingerprint density at radius 3 is 2.62 bits per heavy atom. The summed E-state index contributed by atoms with van der Waals surface area (Å²) in [7, 11) is 1.70. The van der Waals surface area contributed by atoms with Gasteiger partial charge in [-0.3, -0.25) is 19.4 Å². The molecule has 8 rings (SSSR count). The van der Waals surface area contributed by atoms with Crippen LogP contribution < -0.4 is 20.7 Å². The maximum atomic E-state index is 13.8. The zero-order valence-electron chi connectivity index (χ0n) is 27.6. The van der Waals surface area contributed by atoms with Crippen LogP contribution in [0.5, 0.6) is 0 Å². The molecule has 1 amide bonds. The number of pyridine rings is 3. The van der Waals surface area contributed by atoms with Crippen molar-refractivity contribution < 1.29 is 14.6 Å². The minimum atomic E-state index is -0.310. The summed E-state index contributed by atoms with van der Waals surface area (Å²) in [5.41, 5.74) is 6.43. The quantitative estimate of drug-likeness (QED) is 0.310. The molecule has 4 aromatic rings. The Balaban J connectivity index is 1.04. The van der Waals surface area contributed by atoms with E-state index < -0.39 is 0 Å². The van der Waals surface area contributed by atoms with Crippen LogP contribution in [0.1, 0.15) is 47.1 Å². The highest BCUT2D eigenvalue weighted by molar-refractivity contribution is 6.06. The predicted octanol–water partition coefficient (Wildman–Crippen LogP) is 3.33. The van der Waals surface area contributed by atoms with Crippen LogP contribution in [-0.2, 0) is 37.8 Å². The third-order valence-electron chi connectivity index (χ3n) is 10.5. The minimum Gasteiger partial charge on any atom is -0.392 e. The molecule has 12 heteroatoms. The maximum absolute atomic E-state index is 13.8. The summed E-state index contributed by atoms with van der Waals surface area (Å²) in [5.74, 6) is 0.909. The van der Waals surface area contributed by atoms with Crippen LogP contribution in [0.25, 0.3) is 11.1 Å². The first-order valence-electron chi connectivity index (χ1n) is 17.0. The van der Waals surface area contributed by atoms with Crippen molar-refractivity contribution in [1.82, 2.24) is 24.0 Å². The van der Waals surface area contributed by atoms with E-state index in [1.807, 2.05) is 30.5 Å². The fraction of sp³-hybridized carbons (Fsp3) is 0.444. The predicted molar refractivity (Wildman–Crippen MR) is 184 cm³/mol. The molecule has 2 saturated heterocycles. The van der Waals surface area contributed by atoms with Crippen molar-refractivity contribution >= 4 is 28.9 Å². The number of hydrogen-bond acceptors (Lipinski definition) is 9. The van der Waals surface area contributed by atoms with E-state index in [0.717, 1.165) is 69.8 Å². The number of nitrogens with one attached hydrogen (secondary N) is 1. The minimum absolute atomic E-state index is 0.100. The molecule has 2 fully saturated rings. The van der Waals surface area contributed by atoms with Gasteiger partial charge in [0, 0.05) is 75.0 Å². The van der Waals surface area contributed by atoms with Crippen molar-refractivity contribution in [2.75, 3.05) is 54.5 Å². The number of fused-ring (bicyclic) bond motifs is 3. The van der Waals surface area contributed by atoms with Gasteiger partial charge in [-0.15, -0.1) is 0 Å². The van der Waals surface area contributed by atoms with Gasteiger partial charge in [0.05, 0.1) is 37.7 Å². The molecule has 1 aliphatic carbocycles. The number of aliphatic hydroxyl groups is 1. The molecule has 0 unspecified atom stereocenters. The number of carbonyl (C=O) groups is 1. The van der Waals surface area contributed by atoms with E-state index in [2.05, 4.69) is 36.6 Å². The molecule has 0 aromatic carbocycles. The van der Waals surface area contributed by atoms with Gasteiger partial charge in [-0.05, 0) is 74.1 Å². The van der Waals surface area contributed by atoms with Crippen molar-refractivity contribution in [1.29, 1.82) is 0 Å². The molecule has 4 aromatic heterocycles. The molecule has 3 aliphatic heterocycles. The SMILES string of the molecule is C[C@@H]1CN(C2COC2)CCN1c1ccc(Nc2cc(-c3ccnc(N4CCn5c(cc6c5CCCC6)C4=O)c3CO)cn(C)c2=O)nc1. The van der Waals surface area contributed by atoms with Gasteiger partial charge in [0.25, 0.3) is 11.5 Å². The van der Waals surface area contributed by atoms with E-state index in [9.17, 15) is 14.7 Å². The molecule has 4 aliphatic rings. The van der Waals surface area contributed by atoms with E-state index in [1.165, 1.54) is 15.8 Å². The number of hydrogen-bond donors (Lipinski definition) is 2. The van der Waals surface area contributed by atoms with Gasteiger partial charge in [-0.2, -0.15) is 0 Å². The van der Waals surface area contributed by atoms with E-state index in [-0.39, 0.29) is 18.1 Å². The van der Waals surface area contributed by atoms with Gasteiger partial charge in [0.1, 0.15) is 23.0 Å². The van der Waals surface area contributed by atoms with Crippen LogP contribution in [-0.4, -0.2) is 86.5 Å². The molecule has 7 heterocycles. The highest BCUT2D eigenvalue weighted by Crippen LogP contribution is 2.35. The molecular weight excluding hydrogens is 608 g/mol. The number of ether oxygens (including phenoxy) is 1. The Hall–Kier alpha value is -4.52. The van der Waals surface area contributed by atoms with Crippen LogP contribution in [0, 0.1) is 0 Å². The van der Waals surface area contributed by atoms with Crippen LogP contribution >= 0.6 is 0 Å². The molecule has 2 N–H and O–H groups in total. The lowest BCUT2D eigenvalue weighted by molar-refractivity contribution is -0.0691. The van der Waals surface area contributed by atoms with Crippen molar-refractivity contribution in [2.24, 2.45) is 7.05 Å². The van der Waals surface area contributed by atoms with Gasteiger partial charge in [-0.1, -0.05) is 0 Å². The summed E-state index contributed by atoms with van der Waals surface area (Å²) in [6.45, 7) is 7.66. The standard InChI is InChI=1S/C36H42N8O4/c1-23-18-41(27-21-48-22-27)11-12-42(23)26-7-8-33(38-17-26)39-30-15-25(19-40(2)35(30)46)28-9-10-37-34(29(28)20-45)44-14-13-43-31-6-4-3-5-24(31)16-32(43)36(44)47/h7-10,15-17,19,23,27,45H,3-6,11-14,18,20-22H2,1-2H3,(H,38,39)/t23-/m1/s1. The molecular formula is C36H42N8O4. The number of carbonyl (C=O) groups excluding carboxylic acids is 1. The first-order valence-corrected chi connectivity index (χ1v) is 17.0. The van der Waals surface area contributed by atoms with Crippen LogP contribution in [0.3, 0.4) is 0 Å². The van der Waals surface area contributed by atoms with Crippen LogP contribution in [0.15, 0.2) is 53.7 Å². The molecule has 0 bridgehead atoms. The second-order valence-corrected chi connectivity index (χ2v) is 13.4. The average Bonchev–Trinajstić information content (AvgIpc) is 3.46. The highest BCUT2D eigenvalue weighted by Gasteiger charge is 2.34. The summed E-state index contributed by atoms with van der Waals surface area (Å²) < 4.78 is 9.08. The van der Waals surface area contributed by atoms with Gasteiger partial charge < -0.3 is 29.2 Å². The lowest BCUT2D eigenvalue weighted by atomic mass is 9.98. The molecule has 0 saturated carbocycles. The average molecular weight is 651 g/mol. The molecule has 1 atom stereocenters. The second-order valence-electron chi connectivity index (χ2n) is 13.4. The van der Waals surface area contributed by atoms with Gasteiger partial charge in [0.15, 0.2) is 0 Å². The van der Waals surface area contributed by atoms with E-state index >= 15 is 0 Å². The van der Waals surface area contributed by atoms with E-state index in [1.54, 1.807) is 30.4 Å².